The number of rotatable bonds is 4. The van der Waals surface area contributed by atoms with E-state index in [0.717, 1.165) is 10.4 Å². The van der Waals surface area contributed by atoms with E-state index in [1.165, 1.54) is 23.9 Å². The van der Waals surface area contributed by atoms with Gasteiger partial charge in [-0.3, -0.25) is 4.79 Å². The van der Waals surface area contributed by atoms with Gasteiger partial charge in [0.25, 0.3) is 0 Å². The summed E-state index contributed by atoms with van der Waals surface area (Å²) in [4.78, 5) is 12.9. The average molecular weight is 333 g/mol. The molecule has 1 amide bonds. The van der Waals surface area contributed by atoms with Crippen LogP contribution in [0.4, 0.5) is 4.39 Å². The fourth-order valence-electron chi connectivity index (χ4n) is 1.92. The summed E-state index contributed by atoms with van der Waals surface area (Å²) >= 11 is 2.91. The van der Waals surface area contributed by atoms with E-state index in [2.05, 4.69) is 15.5 Å². The molecule has 1 aromatic carbocycles. The molecule has 0 radical (unpaired) electrons. The number of benzene rings is 1. The van der Waals surface area contributed by atoms with Crippen molar-refractivity contribution in [1.82, 2.24) is 5.32 Å². The molecule has 112 valence electrons. The molecule has 1 aromatic heterocycles. The first-order valence-electron chi connectivity index (χ1n) is 6.57. The molecule has 1 aliphatic heterocycles. The molecule has 1 atom stereocenters. The van der Waals surface area contributed by atoms with Gasteiger partial charge in [0, 0.05) is 4.88 Å². The van der Waals surface area contributed by atoms with Gasteiger partial charge in [-0.15, -0.1) is 16.4 Å². The van der Waals surface area contributed by atoms with Gasteiger partial charge in [-0.1, -0.05) is 30.0 Å². The zero-order valence-electron chi connectivity index (χ0n) is 11.4. The molecule has 2 aromatic rings. The number of nitrogens with one attached hydrogen (secondary N) is 1. The molecule has 22 heavy (non-hydrogen) atoms. The third kappa shape index (κ3) is 3.80. The van der Waals surface area contributed by atoms with Crippen LogP contribution >= 0.6 is 23.1 Å². The second kappa shape index (κ2) is 6.85. The summed E-state index contributed by atoms with van der Waals surface area (Å²) in [5.74, 6) is -0.378. The van der Waals surface area contributed by atoms with Crippen LogP contribution in [-0.4, -0.2) is 22.5 Å². The van der Waals surface area contributed by atoms with Gasteiger partial charge in [0.1, 0.15) is 5.82 Å². The number of amides is 1. The lowest BCUT2D eigenvalue weighted by Crippen LogP contribution is -2.25. The molecular weight excluding hydrogens is 321 g/mol. The highest BCUT2D eigenvalue weighted by Crippen LogP contribution is 2.23. The highest BCUT2D eigenvalue weighted by molar-refractivity contribution is 8.15. The minimum atomic E-state index is -0.280. The van der Waals surface area contributed by atoms with E-state index in [1.54, 1.807) is 29.7 Å². The van der Waals surface area contributed by atoms with Gasteiger partial charge in [-0.05, 0) is 35.6 Å². The van der Waals surface area contributed by atoms with Crippen molar-refractivity contribution in [2.24, 2.45) is 10.2 Å². The summed E-state index contributed by atoms with van der Waals surface area (Å²) in [5.41, 5.74) is 0.914. The topological polar surface area (TPSA) is 53.8 Å². The van der Waals surface area contributed by atoms with Gasteiger partial charge in [0.2, 0.25) is 5.91 Å². The van der Waals surface area contributed by atoms with Gasteiger partial charge in [0.15, 0.2) is 5.17 Å². The molecule has 0 saturated carbocycles. The van der Waals surface area contributed by atoms with Crippen LogP contribution in [0.5, 0.6) is 0 Å². The molecular formula is C15H12FN3OS2. The number of hydrogen-bond donors (Lipinski definition) is 1. The Hall–Kier alpha value is -1.99. The van der Waals surface area contributed by atoms with E-state index in [-0.39, 0.29) is 17.0 Å². The Bertz CT molecular complexity index is 711. The lowest BCUT2D eigenvalue weighted by Gasteiger charge is -2.04. The number of hydrogen-bond acceptors (Lipinski definition) is 5. The predicted octanol–water partition coefficient (Wildman–Crippen LogP) is 3.05. The molecule has 0 aliphatic carbocycles. The minimum Gasteiger partial charge on any atom is -0.303 e. The van der Waals surface area contributed by atoms with E-state index in [1.807, 2.05) is 17.5 Å². The zero-order valence-corrected chi connectivity index (χ0v) is 13.0. The van der Waals surface area contributed by atoms with Crippen molar-refractivity contribution in [1.29, 1.82) is 0 Å². The molecule has 0 bridgehead atoms. The Morgan fingerprint density at radius 2 is 2.09 bits per heavy atom. The van der Waals surface area contributed by atoms with Crippen LogP contribution in [0.25, 0.3) is 0 Å². The van der Waals surface area contributed by atoms with Crippen LogP contribution in [-0.2, 0) is 11.2 Å². The lowest BCUT2D eigenvalue weighted by atomic mass is 10.1. The number of nitrogens with zero attached hydrogens (tertiary/aromatic N) is 2. The third-order valence-electron chi connectivity index (χ3n) is 2.99. The Morgan fingerprint density at radius 3 is 2.82 bits per heavy atom. The van der Waals surface area contributed by atoms with E-state index >= 15 is 0 Å². The molecule has 2 heterocycles. The molecule has 4 nitrogen and oxygen atoms in total. The van der Waals surface area contributed by atoms with E-state index in [0.29, 0.717) is 11.6 Å². The number of carbonyl (C=O) groups excluding carboxylic acids is 1. The maximum absolute atomic E-state index is 12.9. The van der Waals surface area contributed by atoms with Gasteiger partial charge < -0.3 is 5.32 Å². The van der Waals surface area contributed by atoms with Gasteiger partial charge in [-0.2, -0.15) is 5.10 Å². The van der Waals surface area contributed by atoms with E-state index < -0.39 is 0 Å². The van der Waals surface area contributed by atoms with Crippen molar-refractivity contribution in [3.8, 4) is 0 Å². The molecule has 1 aliphatic rings. The number of thioether (sulfide) groups is 1. The van der Waals surface area contributed by atoms with Crippen LogP contribution in [0.15, 0.2) is 52.0 Å². The van der Waals surface area contributed by atoms with E-state index in [9.17, 15) is 9.18 Å². The molecule has 3 rings (SSSR count). The number of carbonyl (C=O) groups is 1. The van der Waals surface area contributed by atoms with Crippen molar-refractivity contribution >= 4 is 40.4 Å². The summed E-state index contributed by atoms with van der Waals surface area (Å²) in [6, 6.07) is 10.0. The molecule has 0 spiro atoms. The molecule has 1 unspecified atom stereocenters. The quantitative estimate of drug-likeness (QED) is 0.691. The monoisotopic (exact) mass is 333 g/mol. The predicted molar refractivity (Wildman–Crippen MR) is 89.0 cm³/mol. The van der Waals surface area contributed by atoms with Gasteiger partial charge in [0.05, 0.1) is 11.5 Å². The number of thiophene rings is 1. The van der Waals surface area contributed by atoms with Crippen molar-refractivity contribution < 1.29 is 9.18 Å². The van der Waals surface area contributed by atoms with Crippen LogP contribution in [0.1, 0.15) is 10.4 Å². The van der Waals surface area contributed by atoms with Crippen molar-refractivity contribution in [3.05, 3.63) is 58.0 Å². The first-order valence-corrected chi connectivity index (χ1v) is 8.33. The summed E-state index contributed by atoms with van der Waals surface area (Å²) in [6.45, 7) is 0. The summed E-state index contributed by atoms with van der Waals surface area (Å²) in [5, 5.41) is 12.9. The average Bonchev–Trinajstić information content (AvgIpc) is 3.12. The second-order valence-corrected chi connectivity index (χ2v) is 6.76. The van der Waals surface area contributed by atoms with Crippen molar-refractivity contribution in [2.45, 2.75) is 11.7 Å². The largest absolute Gasteiger partial charge is 0.303 e. The Balaban J connectivity index is 1.61. The van der Waals surface area contributed by atoms with Crippen LogP contribution in [0, 0.1) is 5.82 Å². The normalized spacial score (nSPS) is 20.0. The van der Waals surface area contributed by atoms with Crippen LogP contribution in [0.2, 0.25) is 0 Å². The lowest BCUT2D eigenvalue weighted by molar-refractivity contribution is -0.118. The fraction of sp³-hybridized carbons (Fsp3) is 0.133. The Morgan fingerprint density at radius 1 is 1.27 bits per heavy atom. The first kappa shape index (κ1) is 14.9. The Kier molecular flexibility index (Phi) is 4.65. The highest BCUT2D eigenvalue weighted by Gasteiger charge is 2.30. The van der Waals surface area contributed by atoms with Crippen LogP contribution < -0.4 is 5.32 Å². The smallest absolute Gasteiger partial charge is 0.239 e. The van der Waals surface area contributed by atoms with Crippen molar-refractivity contribution in [3.63, 3.8) is 0 Å². The SMILES string of the molecule is O=C1N/C(=N/N=C\c2cccs2)SC1Cc1ccc(F)cc1. The number of halogens is 1. The molecule has 1 saturated heterocycles. The maximum Gasteiger partial charge on any atom is 0.239 e. The standard InChI is InChI=1S/C15H12FN3OS2/c16-11-5-3-10(4-6-11)8-13-14(20)18-15(22-13)19-17-9-12-2-1-7-21-12/h1-7,9,13H,8H2,(H,18,19,20)/b17-9-. The summed E-state index contributed by atoms with van der Waals surface area (Å²) in [6.07, 6.45) is 2.18. The first-order chi connectivity index (χ1) is 10.7. The molecule has 7 heteroatoms. The molecule has 1 N–H and O–H groups in total. The Labute approximate surface area is 135 Å². The number of amidine groups is 1. The third-order valence-corrected chi connectivity index (χ3v) is 4.87. The van der Waals surface area contributed by atoms with Gasteiger partial charge >= 0.3 is 0 Å². The maximum atomic E-state index is 12.9. The van der Waals surface area contributed by atoms with E-state index in [4.69, 9.17) is 0 Å². The summed E-state index contributed by atoms with van der Waals surface area (Å²) in [7, 11) is 0. The van der Waals surface area contributed by atoms with Gasteiger partial charge in [-0.25, -0.2) is 4.39 Å². The zero-order chi connectivity index (χ0) is 15.4. The fourth-order valence-corrected chi connectivity index (χ4v) is 3.47. The van der Waals surface area contributed by atoms with Crippen molar-refractivity contribution in [2.75, 3.05) is 0 Å². The minimum absolute atomic E-state index is 0.0978. The summed E-state index contributed by atoms with van der Waals surface area (Å²) < 4.78 is 12.9. The highest BCUT2D eigenvalue weighted by atomic mass is 32.2. The molecule has 1 fully saturated rings. The second-order valence-electron chi connectivity index (χ2n) is 4.59. The van der Waals surface area contributed by atoms with Crippen LogP contribution in [0.3, 0.4) is 0 Å².